The molecule has 3 fully saturated rings. The summed E-state index contributed by atoms with van der Waals surface area (Å²) in [4.78, 5) is 21.5. The van der Waals surface area contributed by atoms with Crippen LogP contribution in [0.3, 0.4) is 0 Å². The van der Waals surface area contributed by atoms with E-state index in [0.29, 0.717) is 11.1 Å². The predicted octanol–water partition coefficient (Wildman–Crippen LogP) is 5.83. The molecule has 2 aliphatic heterocycles. The quantitative estimate of drug-likeness (QED) is 0.438. The third kappa shape index (κ3) is 4.19. The summed E-state index contributed by atoms with van der Waals surface area (Å²) in [7, 11) is 0. The molecule has 0 bridgehead atoms. The molecule has 2 aromatic heterocycles. The average Bonchev–Trinajstić information content (AvgIpc) is 3.48. The van der Waals surface area contributed by atoms with E-state index < -0.39 is 5.82 Å². The maximum atomic E-state index is 13.9. The monoisotopic (exact) mass is 512 g/mol. The van der Waals surface area contributed by atoms with Crippen LogP contribution < -0.4 is 14.7 Å². The van der Waals surface area contributed by atoms with Crippen molar-refractivity contribution in [3.63, 3.8) is 0 Å². The maximum absolute atomic E-state index is 13.9. The molecule has 1 saturated carbocycles. The van der Waals surface area contributed by atoms with Crippen molar-refractivity contribution in [3.05, 3.63) is 58.5 Å². The van der Waals surface area contributed by atoms with E-state index in [1.807, 2.05) is 18.2 Å². The van der Waals surface area contributed by atoms with Gasteiger partial charge in [0.1, 0.15) is 17.5 Å². The van der Waals surface area contributed by atoms with Crippen molar-refractivity contribution in [2.45, 2.75) is 44.2 Å². The van der Waals surface area contributed by atoms with E-state index in [9.17, 15) is 4.39 Å². The molecule has 0 amide bonds. The second-order valence-corrected chi connectivity index (χ2v) is 10.6. The Morgan fingerprint density at radius 1 is 1.03 bits per heavy atom. The highest BCUT2D eigenvalue weighted by atomic mass is 35.5. The minimum Gasteiger partial charge on any atom is -0.351 e. The highest BCUT2D eigenvalue weighted by molar-refractivity contribution is 6.33. The number of anilines is 3. The summed E-state index contributed by atoms with van der Waals surface area (Å²) in [5.41, 5.74) is 1.55. The Hall–Kier alpha value is -2.64. The summed E-state index contributed by atoms with van der Waals surface area (Å²) in [5.74, 6) is 2.05. The van der Waals surface area contributed by atoms with Crippen molar-refractivity contribution in [2.24, 2.45) is 0 Å². The lowest BCUT2D eigenvalue weighted by molar-refractivity contribution is 0.502. The number of hydrogen-bond acceptors (Lipinski definition) is 6. The molecule has 6 nitrogen and oxygen atoms in total. The molecule has 1 atom stereocenters. The standard InChI is InChI=1S/C26H27Cl2FN6/c1-17-4-3-11-34(17)25-31-22(18-6-7-21(29)20(28)14-18)15-23(32-25)35-13-12-33(16-26(35)8-9-26)24-19(27)5-2-10-30-24/h2,5-7,10,14-15,17H,3-4,8-9,11-13,16H2,1H3. The summed E-state index contributed by atoms with van der Waals surface area (Å²) >= 11 is 12.6. The second kappa shape index (κ2) is 8.79. The SMILES string of the molecule is CC1CCCN1c1nc(-c2ccc(F)c(Cl)c2)cc(N2CCN(c3ncccc3Cl)CC23CC3)n1. The van der Waals surface area contributed by atoms with Gasteiger partial charge in [-0.05, 0) is 62.9 Å². The van der Waals surface area contributed by atoms with Crippen LogP contribution in [-0.4, -0.2) is 52.7 Å². The highest BCUT2D eigenvalue weighted by Crippen LogP contribution is 2.47. The number of pyridine rings is 1. The maximum Gasteiger partial charge on any atom is 0.228 e. The fraction of sp³-hybridized carbons (Fsp3) is 0.423. The van der Waals surface area contributed by atoms with Crippen LogP contribution in [0.25, 0.3) is 11.3 Å². The molecule has 3 aromatic rings. The molecule has 1 aliphatic carbocycles. The van der Waals surface area contributed by atoms with Gasteiger partial charge in [-0.15, -0.1) is 0 Å². The molecule has 35 heavy (non-hydrogen) atoms. The summed E-state index contributed by atoms with van der Waals surface area (Å²) in [6.45, 7) is 5.61. The molecular weight excluding hydrogens is 486 g/mol. The fourth-order valence-electron chi connectivity index (χ4n) is 5.42. The summed E-state index contributed by atoms with van der Waals surface area (Å²) in [6, 6.07) is 10.9. The van der Waals surface area contributed by atoms with Gasteiger partial charge in [-0.1, -0.05) is 23.2 Å². The van der Waals surface area contributed by atoms with Crippen LogP contribution in [0.5, 0.6) is 0 Å². The number of rotatable bonds is 4. The summed E-state index contributed by atoms with van der Waals surface area (Å²) < 4.78 is 13.9. The van der Waals surface area contributed by atoms with Gasteiger partial charge in [0.25, 0.3) is 0 Å². The molecule has 182 valence electrons. The van der Waals surface area contributed by atoms with Crippen molar-refractivity contribution in [3.8, 4) is 11.3 Å². The Kier molecular flexibility index (Phi) is 5.72. The third-order valence-corrected chi connectivity index (χ3v) is 8.10. The summed E-state index contributed by atoms with van der Waals surface area (Å²) in [6.07, 6.45) is 6.22. The van der Waals surface area contributed by atoms with Gasteiger partial charge in [0, 0.05) is 50.0 Å². The molecule has 3 aliphatic rings. The lowest BCUT2D eigenvalue weighted by Crippen LogP contribution is -2.56. The first-order chi connectivity index (χ1) is 16.9. The van der Waals surface area contributed by atoms with Gasteiger partial charge in [0.2, 0.25) is 5.95 Å². The van der Waals surface area contributed by atoms with Gasteiger partial charge in [-0.3, -0.25) is 0 Å². The Labute approximate surface area is 214 Å². The molecule has 0 N–H and O–H groups in total. The van der Waals surface area contributed by atoms with Crippen molar-refractivity contribution in [2.75, 3.05) is 40.9 Å². The molecule has 2 saturated heterocycles. The van der Waals surface area contributed by atoms with E-state index in [-0.39, 0.29) is 10.6 Å². The van der Waals surface area contributed by atoms with E-state index in [2.05, 4.69) is 26.6 Å². The predicted molar refractivity (Wildman–Crippen MR) is 139 cm³/mol. The van der Waals surface area contributed by atoms with E-state index in [1.165, 1.54) is 6.07 Å². The Morgan fingerprint density at radius 3 is 2.60 bits per heavy atom. The lowest BCUT2D eigenvalue weighted by atomic mass is 10.1. The zero-order valence-electron chi connectivity index (χ0n) is 19.6. The van der Waals surface area contributed by atoms with Crippen LogP contribution >= 0.6 is 23.2 Å². The van der Waals surface area contributed by atoms with Gasteiger partial charge in [0.15, 0.2) is 0 Å². The Balaban J connectivity index is 1.38. The number of aromatic nitrogens is 3. The molecule has 1 unspecified atom stereocenters. The largest absolute Gasteiger partial charge is 0.351 e. The second-order valence-electron chi connectivity index (χ2n) is 9.83. The Bertz CT molecular complexity index is 1270. The van der Waals surface area contributed by atoms with Gasteiger partial charge in [-0.25, -0.2) is 14.4 Å². The molecule has 9 heteroatoms. The van der Waals surface area contributed by atoms with E-state index in [0.717, 1.165) is 80.7 Å². The van der Waals surface area contributed by atoms with Crippen LogP contribution in [0, 0.1) is 5.82 Å². The topological polar surface area (TPSA) is 48.4 Å². The number of halogens is 3. The van der Waals surface area contributed by atoms with Crippen LogP contribution in [-0.2, 0) is 0 Å². The molecule has 1 spiro atoms. The van der Waals surface area contributed by atoms with Crippen molar-refractivity contribution >= 4 is 40.8 Å². The zero-order chi connectivity index (χ0) is 24.2. The van der Waals surface area contributed by atoms with Gasteiger partial charge in [-0.2, -0.15) is 4.98 Å². The number of nitrogens with zero attached hydrogens (tertiary/aromatic N) is 6. The minimum atomic E-state index is -0.431. The molecule has 4 heterocycles. The van der Waals surface area contributed by atoms with E-state index in [4.69, 9.17) is 33.2 Å². The molecular formula is C26H27Cl2FN6. The smallest absolute Gasteiger partial charge is 0.228 e. The van der Waals surface area contributed by atoms with Crippen molar-refractivity contribution in [1.29, 1.82) is 0 Å². The van der Waals surface area contributed by atoms with Crippen LogP contribution in [0.4, 0.5) is 22.0 Å². The van der Waals surface area contributed by atoms with Crippen molar-refractivity contribution in [1.82, 2.24) is 15.0 Å². The van der Waals surface area contributed by atoms with Gasteiger partial charge < -0.3 is 14.7 Å². The lowest BCUT2D eigenvalue weighted by Gasteiger charge is -2.43. The molecule has 1 aromatic carbocycles. The van der Waals surface area contributed by atoms with E-state index in [1.54, 1.807) is 18.3 Å². The number of hydrogen-bond donors (Lipinski definition) is 0. The number of benzene rings is 1. The average molecular weight is 513 g/mol. The molecule has 6 rings (SSSR count). The third-order valence-electron chi connectivity index (χ3n) is 7.52. The molecule has 0 radical (unpaired) electrons. The first-order valence-electron chi connectivity index (χ1n) is 12.2. The first-order valence-corrected chi connectivity index (χ1v) is 12.9. The summed E-state index contributed by atoms with van der Waals surface area (Å²) in [5, 5.41) is 0.776. The Morgan fingerprint density at radius 2 is 1.89 bits per heavy atom. The highest BCUT2D eigenvalue weighted by Gasteiger charge is 2.52. The van der Waals surface area contributed by atoms with Crippen LogP contribution in [0.15, 0.2) is 42.6 Å². The normalized spacial score (nSPS) is 21.1. The minimum absolute atomic E-state index is 0.000932. The zero-order valence-corrected chi connectivity index (χ0v) is 21.1. The van der Waals surface area contributed by atoms with E-state index >= 15 is 0 Å². The first kappa shape index (κ1) is 22.8. The number of piperazine rings is 1. The van der Waals surface area contributed by atoms with Crippen molar-refractivity contribution < 1.29 is 4.39 Å². The fourth-order valence-corrected chi connectivity index (χ4v) is 5.84. The van der Waals surface area contributed by atoms with Gasteiger partial charge >= 0.3 is 0 Å². The van der Waals surface area contributed by atoms with Gasteiger partial charge in [0.05, 0.1) is 21.3 Å². The van der Waals surface area contributed by atoms with Crippen LogP contribution in [0.2, 0.25) is 10.0 Å². The van der Waals surface area contributed by atoms with Crippen LogP contribution in [0.1, 0.15) is 32.6 Å².